The van der Waals surface area contributed by atoms with Gasteiger partial charge in [0.1, 0.15) is 0 Å². The van der Waals surface area contributed by atoms with Crippen LogP contribution in [0.5, 0.6) is 0 Å². The van der Waals surface area contributed by atoms with Crippen LogP contribution in [0.4, 0.5) is 11.4 Å². The maximum absolute atomic E-state index is 12.5. The van der Waals surface area contributed by atoms with Gasteiger partial charge in [-0.2, -0.15) is 0 Å². The van der Waals surface area contributed by atoms with Crippen molar-refractivity contribution in [3.05, 3.63) is 59.6 Å². The topological polar surface area (TPSA) is 66.5 Å². The Hall–Kier alpha value is -2.31. The SMILES string of the molecule is O=C(CS[C@H]1CC(=O)N(c2cccc(Cl)c2)C1=O)Nc1ccccc1. The van der Waals surface area contributed by atoms with Gasteiger partial charge < -0.3 is 5.32 Å². The van der Waals surface area contributed by atoms with Gasteiger partial charge in [-0.1, -0.05) is 35.9 Å². The van der Waals surface area contributed by atoms with E-state index in [1.54, 1.807) is 36.4 Å². The molecule has 0 radical (unpaired) electrons. The summed E-state index contributed by atoms with van der Waals surface area (Å²) in [4.78, 5) is 37.8. The summed E-state index contributed by atoms with van der Waals surface area (Å²) in [5.41, 5.74) is 1.15. The third-order valence-corrected chi connectivity index (χ3v) is 5.08. The number of rotatable bonds is 5. The van der Waals surface area contributed by atoms with E-state index >= 15 is 0 Å². The Bertz CT molecular complexity index is 813. The lowest BCUT2D eigenvalue weighted by Crippen LogP contribution is -2.31. The minimum atomic E-state index is -0.562. The van der Waals surface area contributed by atoms with Crippen LogP contribution in [-0.2, 0) is 14.4 Å². The van der Waals surface area contributed by atoms with Crippen molar-refractivity contribution in [1.82, 2.24) is 0 Å². The molecule has 1 aliphatic heterocycles. The number of anilines is 2. The number of amides is 3. The molecule has 1 atom stereocenters. The van der Waals surface area contributed by atoms with E-state index in [-0.39, 0.29) is 29.9 Å². The van der Waals surface area contributed by atoms with Gasteiger partial charge in [0, 0.05) is 17.1 Å². The van der Waals surface area contributed by atoms with E-state index in [1.165, 1.54) is 11.8 Å². The number of imide groups is 1. The van der Waals surface area contributed by atoms with Gasteiger partial charge in [-0.25, -0.2) is 4.90 Å². The van der Waals surface area contributed by atoms with Gasteiger partial charge in [0.2, 0.25) is 17.7 Å². The largest absolute Gasteiger partial charge is 0.325 e. The number of hydrogen-bond donors (Lipinski definition) is 1. The predicted molar refractivity (Wildman–Crippen MR) is 99.9 cm³/mol. The molecule has 7 heteroatoms. The summed E-state index contributed by atoms with van der Waals surface area (Å²) in [7, 11) is 0. The highest BCUT2D eigenvalue weighted by atomic mass is 35.5. The average Bonchev–Trinajstić information content (AvgIpc) is 2.88. The number of thioether (sulfide) groups is 1. The van der Waals surface area contributed by atoms with Crippen LogP contribution in [0.25, 0.3) is 0 Å². The van der Waals surface area contributed by atoms with Crippen molar-refractivity contribution in [2.24, 2.45) is 0 Å². The van der Waals surface area contributed by atoms with Crippen LogP contribution in [0.3, 0.4) is 0 Å². The summed E-state index contributed by atoms with van der Waals surface area (Å²) in [5.74, 6) is -0.710. The van der Waals surface area contributed by atoms with E-state index in [1.807, 2.05) is 18.2 Å². The summed E-state index contributed by atoms with van der Waals surface area (Å²) < 4.78 is 0. The maximum atomic E-state index is 12.5. The molecule has 1 heterocycles. The summed E-state index contributed by atoms with van der Waals surface area (Å²) in [6.07, 6.45) is 0.0780. The highest BCUT2D eigenvalue weighted by Gasteiger charge is 2.40. The van der Waals surface area contributed by atoms with Crippen molar-refractivity contribution >= 4 is 52.5 Å². The first-order valence-corrected chi connectivity index (χ1v) is 9.06. The molecule has 1 fully saturated rings. The molecule has 1 saturated heterocycles. The fourth-order valence-corrected chi connectivity index (χ4v) is 3.63. The zero-order chi connectivity index (χ0) is 17.8. The van der Waals surface area contributed by atoms with Crippen molar-refractivity contribution in [2.75, 3.05) is 16.0 Å². The van der Waals surface area contributed by atoms with E-state index in [0.29, 0.717) is 16.4 Å². The second kappa shape index (κ2) is 7.72. The second-order valence-electron chi connectivity index (χ2n) is 5.47. The molecule has 128 valence electrons. The van der Waals surface area contributed by atoms with Gasteiger partial charge in [-0.05, 0) is 30.3 Å². The first kappa shape index (κ1) is 17.5. The van der Waals surface area contributed by atoms with E-state index in [9.17, 15) is 14.4 Å². The highest BCUT2D eigenvalue weighted by molar-refractivity contribution is 8.01. The molecule has 2 aromatic carbocycles. The Morgan fingerprint density at radius 3 is 2.64 bits per heavy atom. The minimum absolute atomic E-state index is 0.0780. The molecular formula is C18H15ClN2O3S. The number of benzene rings is 2. The smallest absolute Gasteiger partial charge is 0.247 e. The summed E-state index contributed by atoms with van der Waals surface area (Å²) >= 11 is 7.10. The molecule has 2 aromatic rings. The molecule has 1 N–H and O–H groups in total. The van der Waals surface area contributed by atoms with Crippen molar-refractivity contribution < 1.29 is 14.4 Å². The minimum Gasteiger partial charge on any atom is -0.325 e. The normalized spacial score (nSPS) is 17.0. The molecule has 1 aliphatic rings. The van der Waals surface area contributed by atoms with Crippen LogP contribution in [0.1, 0.15) is 6.42 Å². The lowest BCUT2D eigenvalue weighted by molar-refractivity contribution is -0.121. The zero-order valence-electron chi connectivity index (χ0n) is 13.1. The van der Waals surface area contributed by atoms with E-state index in [4.69, 9.17) is 11.6 Å². The number of nitrogens with one attached hydrogen (secondary N) is 1. The number of halogens is 1. The summed E-state index contributed by atoms with van der Waals surface area (Å²) in [6.45, 7) is 0. The van der Waals surface area contributed by atoms with E-state index in [0.717, 1.165) is 4.90 Å². The molecule has 0 aliphatic carbocycles. The van der Waals surface area contributed by atoms with Gasteiger partial charge in [-0.3, -0.25) is 14.4 Å². The van der Waals surface area contributed by atoms with Crippen LogP contribution >= 0.6 is 23.4 Å². The molecule has 0 bridgehead atoms. The Kier molecular flexibility index (Phi) is 5.40. The van der Waals surface area contributed by atoms with Crippen LogP contribution in [-0.4, -0.2) is 28.7 Å². The summed E-state index contributed by atoms with van der Waals surface area (Å²) in [6, 6.07) is 15.7. The van der Waals surface area contributed by atoms with Gasteiger partial charge >= 0.3 is 0 Å². The molecule has 0 aromatic heterocycles. The van der Waals surface area contributed by atoms with E-state index < -0.39 is 5.25 Å². The van der Waals surface area contributed by atoms with Gasteiger partial charge in [0.25, 0.3) is 0 Å². The van der Waals surface area contributed by atoms with Crippen LogP contribution in [0, 0.1) is 0 Å². The number of carbonyl (C=O) groups excluding carboxylic acids is 3. The Labute approximate surface area is 154 Å². The maximum Gasteiger partial charge on any atom is 0.247 e. The second-order valence-corrected chi connectivity index (χ2v) is 7.09. The molecule has 0 unspecified atom stereocenters. The lowest BCUT2D eigenvalue weighted by Gasteiger charge is -2.15. The van der Waals surface area contributed by atoms with Crippen molar-refractivity contribution in [3.8, 4) is 0 Å². The molecule has 25 heavy (non-hydrogen) atoms. The number of carbonyl (C=O) groups is 3. The Morgan fingerprint density at radius 2 is 1.92 bits per heavy atom. The van der Waals surface area contributed by atoms with Crippen LogP contribution in [0.2, 0.25) is 5.02 Å². The molecular weight excluding hydrogens is 360 g/mol. The van der Waals surface area contributed by atoms with Gasteiger partial charge in [0.15, 0.2) is 0 Å². The van der Waals surface area contributed by atoms with E-state index in [2.05, 4.69) is 5.32 Å². The monoisotopic (exact) mass is 374 g/mol. The molecule has 3 amide bonds. The van der Waals surface area contributed by atoms with Crippen LogP contribution < -0.4 is 10.2 Å². The quantitative estimate of drug-likeness (QED) is 0.815. The number of nitrogens with zero attached hydrogens (tertiary/aromatic N) is 1. The van der Waals surface area contributed by atoms with Crippen molar-refractivity contribution in [2.45, 2.75) is 11.7 Å². The lowest BCUT2D eigenvalue weighted by atomic mass is 10.3. The first-order chi connectivity index (χ1) is 12.0. The van der Waals surface area contributed by atoms with Gasteiger partial charge in [-0.15, -0.1) is 11.8 Å². The average molecular weight is 375 g/mol. The van der Waals surface area contributed by atoms with Gasteiger partial charge in [0.05, 0.1) is 16.7 Å². The fourth-order valence-electron chi connectivity index (χ4n) is 2.52. The molecule has 0 spiro atoms. The standard InChI is InChI=1S/C18H15ClN2O3S/c19-12-5-4-8-14(9-12)21-17(23)10-15(18(21)24)25-11-16(22)20-13-6-2-1-3-7-13/h1-9,15H,10-11H2,(H,20,22)/t15-/m0/s1. The van der Waals surface area contributed by atoms with Crippen molar-refractivity contribution in [3.63, 3.8) is 0 Å². The predicted octanol–water partition coefficient (Wildman–Crippen LogP) is 3.34. The first-order valence-electron chi connectivity index (χ1n) is 7.63. The zero-order valence-corrected chi connectivity index (χ0v) is 14.7. The Balaban J connectivity index is 1.60. The number of para-hydroxylation sites is 1. The molecule has 5 nitrogen and oxygen atoms in total. The number of hydrogen-bond acceptors (Lipinski definition) is 4. The molecule has 3 rings (SSSR count). The highest BCUT2D eigenvalue weighted by Crippen LogP contribution is 2.30. The summed E-state index contributed by atoms with van der Waals surface area (Å²) in [5, 5.41) is 2.65. The fraction of sp³-hybridized carbons (Fsp3) is 0.167. The van der Waals surface area contributed by atoms with Crippen LogP contribution in [0.15, 0.2) is 54.6 Å². The third-order valence-electron chi connectivity index (χ3n) is 3.64. The molecule has 0 saturated carbocycles. The van der Waals surface area contributed by atoms with Crippen molar-refractivity contribution in [1.29, 1.82) is 0 Å². The Morgan fingerprint density at radius 1 is 1.16 bits per heavy atom. The third kappa shape index (κ3) is 4.21.